The molecule has 1 rings (SSSR count). The standard InChI is InChI=1S/C11H11FN2O2/c1-16-10-3-2-9(12)6-8(10)7-11(15)14-5-4-13/h2-3,6H,5,7H2,1H3,(H,14,15). The van der Waals surface area contributed by atoms with Crippen molar-refractivity contribution in [3.05, 3.63) is 29.6 Å². The molecule has 1 aromatic rings. The molecule has 0 aliphatic rings. The smallest absolute Gasteiger partial charge is 0.225 e. The van der Waals surface area contributed by atoms with Gasteiger partial charge in [-0.25, -0.2) is 4.39 Å². The van der Waals surface area contributed by atoms with Crippen molar-refractivity contribution in [3.63, 3.8) is 0 Å². The summed E-state index contributed by atoms with van der Waals surface area (Å²) in [5, 5.41) is 10.7. The van der Waals surface area contributed by atoms with Gasteiger partial charge in [-0.1, -0.05) is 0 Å². The van der Waals surface area contributed by atoms with Gasteiger partial charge in [0.15, 0.2) is 0 Å². The molecule has 0 saturated heterocycles. The van der Waals surface area contributed by atoms with Crippen molar-refractivity contribution in [3.8, 4) is 11.8 Å². The first-order chi connectivity index (χ1) is 7.67. The lowest BCUT2D eigenvalue weighted by Gasteiger charge is -2.07. The maximum absolute atomic E-state index is 12.9. The van der Waals surface area contributed by atoms with Crippen LogP contribution in [-0.4, -0.2) is 19.6 Å². The summed E-state index contributed by atoms with van der Waals surface area (Å²) in [6.07, 6.45) is -0.0113. The molecule has 0 atom stereocenters. The molecule has 0 saturated carbocycles. The predicted octanol–water partition coefficient (Wildman–Crippen LogP) is 1.02. The van der Waals surface area contributed by atoms with E-state index in [4.69, 9.17) is 10.00 Å². The van der Waals surface area contributed by atoms with Gasteiger partial charge in [0.05, 0.1) is 19.6 Å². The molecule has 4 nitrogen and oxygen atoms in total. The molecule has 0 fully saturated rings. The van der Waals surface area contributed by atoms with E-state index in [2.05, 4.69) is 5.32 Å². The number of carbonyl (C=O) groups is 1. The SMILES string of the molecule is COc1ccc(F)cc1CC(=O)NCC#N. The molecule has 16 heavy (non-hydrogen) atoms. The monoisotopic (exact) mass is 222 g/mol. The fourth-order valence-electron chi connectivity index (χ4n) is 1.26. The topological polar surface area (TPSA) is 62.1 Å². The Morgan fingerprint density at radius 3 is 3.00 bits per heavy atom. The van der Waals surface area contributed by atoms with E-state index in [0.29, 0.717) is 11.3 Å². The molecule has 84 valence electrons. The van der Waals surface area contributed by atoms with E-state index in [-0.39, 0.29) is 18.9 Å². The van der Waals surface area contributed by atoms with Crippen LogP contribution < -0.4 is 10.1 Å². The summed E-state index contributed by atoms with van der Waals surface area (Å²) in [7, 11) is 1.45. The lowest BCUT2D eigenvalue weighted by molar-refractivity contribution is -0.120. The molecule has 1 amide bonds. The Labute approximate surface area is 92.6 Å². The molecular weight excluding hydrogens is 211 g/mol. The van der Waals surface area contributed by atoms with Gasteiger partial charge in [0.25, 0.3) is 0 Å². The average Bonchev–Trinajstić information content (AvgIpc) is 2.27. The summed E-state index contributed by atoms with van der Waals surface area (Å²) in [4.78, 5) is 11.3. The Morgan fingerprint density at radius 2 is 2.38 bits per heavy atom. The Hall–Kier alpha value is -2.09. The van der Waals surface area contributed by atoms with E-state index in [1.165, 1.54) is 25.3 Å². The molecule has 0 bridgehead atoms. The quantitative estimate of drug-likeness (QED) is 0.773. The van der Waals surface area contributed by atoms with Crippen LogP contribution in [0.5, 0.6) is 5.75 Å². The van der Waals surface area contributed by atoms with Crippen LogP contribution in [0.1, 0.15) is 5.56 Å². The number of nitrogens with zero attached hydrogens (tertiary/aromatic N) is 1. The highest BCUT2D eigenvalue weighted by Crippen LogP contribution is 2.19. The van der Waals surface area contributed by atoms with E-state index >= 15 is 0 Å². The number of hydrogen-bond donors (Lipinski definition) is 1. The van der Waals surface area contributed by atoms with Crippen LogP contribution in [0.25, 0.3) is 0 Å². The van der Waals surface area contributed by atoms with Crippen molar-refractivity contribution in [1.82, 2.24) is 5.32 Å². The lowest BCUT2D eigenvalue weighted by Crippen LogP contribution is -2.25. The second kappa shape index (κ2) is 5.71. The van der Waals surface area contributed by atoms with Gasteiger partial charge < -0.3 is 10.1 Å². The van der Waals surface area contributed by atoms with Gasteiger partial charge >= 0.3 is 0 Å². The number of nitriles is 1. The first-order valence-corrected chi connectivity index (χ1v) is 4.63. The number of methoxy groups -OCH3 is 1. The van der Waals surface area contributed by atoms with Gasteiger partial charge in [0.1, 0.15) is 18.1 Å². The molecule has 0 aliphatic carbocycles. The molecule has 1 N–H and O–H groups in total. The lowest BCUT2D eigenvalue weighted by atomic mass is 10.1. The Morgan fingerprint density at radius 1 is 1.62 bits per heavy atom. The summed E-state index contributed by atoms with van der Waals surface area (Å²) < 4.78 is 17.9. The molecule has 0 spiro atoms. The number of nitrogens with one attached hydrogen (secondary N) is 1. The van der Waals surface area contributed by atoms with E-state index in [9.17, 15) is 9.18 Å². The van der Waals surface area contributed by atoms with Gasteiger partial charge in [-0.3, -0.25) is 4.79 Å². The molecule has 0 aliphatic heterocycles. The third-order valence-corrected chi connectivity index (χ3v) is 1.96. The maximum Gasteiger partial charge on any atom is 0.225 e. The number of benzene rings is 1. The van der Waals surface area contributed by atoms with E-state index in [1.807, 2.05) is 0 Å². The zero-order valence-corrected chi connectivity index (χ0v) is 8.79. The fourth-order valence-corrected chi connectivity index (χ4v) is 1.26. The maximum atomic E-state index is 12.9. The molecule has 0 aromatic heterocycles. The normalized spacial score (nSPS) is 9.31. The highest BCUT2D eigenvalue weighted by molar-refractivity contribution is 5.79. The number of hydrogen-bond acceptors (Lipinski definition) is 3. The van der Waals surface area contributed by atoms with Gasteiger partial charge in [-0.15, -0.1) is 0 Å². The Kier molecular flexibility index (Phi) is 4.28. The third kappa shape index (κ3) is 3.24. The number of rotatable bonds is 4. The number of amides is 1. The van der Waals surface area contributed by atoms with Crippen LogP contribution in [0.2, 0.25) is 0 Å². The molecular formula is C11H11FN2O2. The molecule has 0 unspecified atom stereocenters. The minimum Gasteiger partial charge on any atom is -0.496 e. The summed E-state index contributed by atoms with van der Waals surface area (Å²) >= 11 is 0. The number of ether oxygens (including phenoxy) is 1. The summed E-state index contributed by atoms with van der Waals surface area (Å²) in [6.45, 7) is -0.0591. The molecule has 0 heterocycles. The molecule has 0 radical (unpaired) electrons. The largest absolute Gasteiger partial charge is 0.496 e. The van der Waals surface area contributed by atoms with Crippen molar-refractivity contribution >= 4 is 5.91 Å². The first-order valence-electron chi connectivity index (χ1n) is 4.63. The van der Waals surface area contributed by atoms with Gasteiger partial charge in [-0.2, -0.15) is 5.26 Å². The van der Waals surface area contributed by atoms with Crippen LogP contribution in [0.15, 0.2) is 18.2 Å². The van der Waals surface area contributed by atoms with E-state index in [1.54, 1.807) is 6.07 Å². The number of halogens is 1. The van der Waals surface area contributed by atoms with Crippen LogP contribution in [-0.2, 0) is 11.2 Å². The van der Waals surface area contributed by atoms with Crippen LogP contribution in [0.3, 0.4) is 0 Å². The highest BCUT2D eigenvalue weighted by Gasteiger charge is 2.09. The zero-order valence-electron chi connectivity index (χ0n) is 8.79. The van der Waals surface area contributed by atoms with Crippen LogP contribution in [0, 0.1) is 17.1 Å². The van der Waals surface area contributed by atoms with Crippen molar-refractivity contribution in [2.75, 3.05) is 13.7 Å². The van der Waals surface area contributed by atoms with Crippen LogP contribution in [0.4, 0.5) is 4.39 Å². The molecule has 1 aromatic carbocycles. The van der Waals surface area contributed by atoms with Crippen LogP contribution >= 0.6 is 0 Å². The summed E-state index contributed by atoms with van der Waals surface area (Å²) in [6, 6.07) is 5.75. The summed E-state index contributed by atoms with van der Waals surface area (Å²) in [5.74, 6) is -0.317. The minimum atomic E-state index is -0.427. The average molecular weight is 222 g/mol. The minimum absolute atomic E-state index is 0.0113. The first kappa shape index (κ1) is 12.0. The van der Waals surface area contributed by atoms with Gasteiger partial charge in [0.2, 0.25) is 5.91 Å². The Balaban J connectivity index is 2.76. The molecule has 5 heteroatoms. The number of carbonyl (C=O) groups excluding carboxylic acids is 1. The zero-order chi connectivity index (χ0) is 12.0. The summed E-state index contributed by atoms with van der Waals surface area (Å²) in [5.41, 5.74) is 0.456. The highest BCUT2D eigenvalue weighted by atomic mass is 19.1. The predicted molar refractivity (Wildman–Crippen MR) is 55.3 cm³/mol. The van der Waals surface area contributed by atoms with Crippen molar-refractivity contribution in [2.45, 2.75) is 6.42 Å². The van der Waals surface area contributed by atoms with Gasteiger partial charge in [-0.05, 0) is 18.2 Å². The van der Waals surface area contributed by atoms with Crippen molar-refractivity contribution < 1.29 is 13.9 Å². The fraction of sp³-hybridized carbons (Fsp3) is 0.273. The van der Waals surface area contributed by atoms with Crippen molar-refractivity contribution in [2.24, 2.45) is 0 Å². The van der Waals surface area contributed by atoms with E-state index < -0.39 is 5.82 Å². The third-order valence-electron chi connectivity index (χ3n) is 1.96. The Bertz CT molecular complexity index is 426. The van der Waals surface area contributed by atoms with Gasteiger partial charge in [0, 0.05) is 5.56 Å². The van der Waals surface area contributed by atoms with Crippen molar-refractivity contribution in [1.29, 1.82) is 5.26 Å². The second-order valence-corrected chi connectivity index (χ2v) is 3.07. The van der Waals surface area contributed by atoms with E-state index in [0.717, 1.165) is 0 Å². The second-order valence-electron chi connectivity index (χ2n) is 3.07.